The predicted molar refractivity (Wildman–Crippen MR) is 90.0 cm³/mol. The first-order valence-corrected chi connectivity index (χ1v) is 9.28. The first-order valence-electron chi connectivity index (χ1n) is 7.51. The van der Waals surface area contributed by atoms with Crippen LogP contribution >= 0.6 is 7.14 Å². The van der Waals surface area contributed by atoms with Gasteiger partial charge in [0.15, 0.2) is 13.0 Å². The van der Waals surface area contributed by atoms with Crippen LogP contribution in [0.5, 0.6) is 11.5 Å². The minimum absolute atomic E-state index is 0.311. The fraction of sp³-hybridized carbons (Fsp3) is 0.625. The van der Waals surface area contributed by atoms with Gasteiger partial charge in [0.25, 0.3) is 0 Å². The third-order valence-electron chi connectivity index (χ3n) is 4.28. The van der Waals surface area contributed by atoms with Gasteiger partial charge in [0, 0.05) is 10.1 Å². The maximum atomic E-state index is 14.2. The Morgan fingerprint density at radius 2 is 1.91 bits per heavy atom. The minimum Gasteiger partial charge on any atom is -0.496 e. The summed E-state index contributed by atoms with van der Waals surface area (Å²) in [6.07, 6.45) is 0. The summed E-state index contributed by atoms with van der Waals surface area (Å²) in [6.45, 7) is 8.80. The van der Waals surface area contributed by atoms with Crippen LogP contribution in [0.1, 0.15) is 34.6 Å². The summed E-state index contributed by atoms with van der Waals surface area (Å²) in [5, 5.41) is 11.0. The van der Waals surface area contributed by atoms with Crippen molar-refractivity contribution < 1.29 is 19.0 Å². The van der Waals surface area contributed by atoms with Gasteiger partial charge in [-0.2, -0.15) is 0 Å². The number of ether oxygens (including phenoxy) is 2. The lowest BCUT2D eigenvalue weighted by Crippen LogP contribution is -2.42. The van der Waals surface area contributed by atoms with Crippen LogP contribution in [0.2, 0.25) is 0 Å². The first-order chi connectivity index (χ1) is 10.4. The molecule has 0 amide bonds. The number of benzene rings is 1. The molecule has 1 aromatic carbocycles. The van der Waals surface area contributed by atoms with E-state index in [1.165, 1.54) is 7.11 Å². The Morgan fingerprint density at radius 1 is 1.30 bits per heavy atom. The van der Waals surface area contributed by atoms with Gasteiger partial charge in [0.2, 0.25) is 6.54 Å². The molecule has 2 rings (SSSR count). The maximum Gasteiger partial charge on any atom is 0.212 e. The molecule has 0 saturated carbocycles. The summed E-state index contributed by atoms with van der Waals surface area (Å²) in [7, 11) is -1.61. The zero-order valence-electron chi connectivity index (χ0n) is 14.5. The van der Waals surface area contributed by atoms with Crippen LogP contribution in [0.15, 0.2) is 18.2 Å². The summed E-state index contributed by atoms with van der Waals surface area (Å²) in [6, 6.07) is 5.27. The van der Waals surface area contributed by atoms with Crippen LogP contribution in [-0.4, -0.2) is 29.6 Å². The molecule has 7 heteroatoms. The van der Waals surface area contributed by atoms with Crippen molar-refractivity contribution in [1.82, 2.24) is 0 Å². The molecular formula is C16H24NO5P. The Kier molecular flexibility index (Phi) is 4.27. The molecule has 0 radical (unpaired) electrons. The van der Waals surface area contributed by atoms with E-state index in [0.29, 0.717) is 16.8 Å². The van der Waals surface area contributed by atoms with Gasteiger partial charge in [0.1, 0.15) is 11.5 Å². The zero-order valence-corrected chi connectivity index (χ0v) is 15.3. The van der Waals surface area contributed by atoms with Crippen LogP contribution < -0.4 is 14.8 Å². The standard InChI is InChI=1S/C16H24NO5P/c1-15(2,3)23(20)13-11(21-6)8-7-9-12(13)22-14(23)16(4,5)10-17(18)19/h7-9,14H,10H2,1-6H3. The molecule has 23 heavy (non-hydrogen) atoms. The molecular weight excluding hydrogens is 317 g/mol. The minimum atomic E-state index is -3.14. The number of nitrogens with zero attached hydrogens (tertiary/aromatic N) is 1. The summed E-state index contributed by atoms with van der Waals surface area (Å²) in [5.41, 5.74) is -0.879. The molecule has 0 aromatic heterocycles. The van der Waals surface area contributed by atoms with Crippen molar-refractivity contribution in [3.63, 3.8) is 0 Å². The van der Waals surface area contributed by atoms with E-state index in [1.54, 1.807) is 32.0 Å². The summed E-state index contributed by atoms with van der Waals surface area (Å²) in [5.74, 6) is 0.260. The van der Waals surface area contributed by atoms with E-state index in [1.807, 2.05) is 20.8 Å². The highest BCUT2D eigenvalue weighted by Crippen LogP contribution is 2.70. The molecule has 0 fully saturated rings. The molecule has 0 N–H and O–H groups in total. The van der Waals surface area contributed by atoms with E-state index in [-0.39, 0.29) is 11.5 Å². The van der Waals surface area contributed by atoms with Gasteiger partial charge >= 0.3 is 0 Å². The summed E-state index contributed by atoms with van der Waals surface area (Å²) in [4.78, 5) is 10.7. The van der Waals surface area contributed by atoms with E-state index in [4.69, 9.17) is 9.47 Å². The lowest BCUT2D eigenvalue weighted by Gasteiger charge is -2.38. The van der Waals surface area contributed by atoms with Gasteiger partial charge in [-0.1, -0.05) is 26.8 Å². The molecule has 0 saturated heterocycles. The Hall–Kier alpha value is -1.55. The van der Waals surface area contributed by atoms with Gasteiger partial charge < -0.3 is 14.0 Å². The normalized spacial score (nSPS) is 24.0. The number of hydrogen-bond donors (Lipinski definition) is 0. The highest BCUT2D eigenvalue weighted by atomic mass is 31.2. The summed E-state index contributed by atoms with van der Waals surface area (Å²) < 4.78 is 25.6. The van der Waals surface area contributed by atoms with E-state index in [2.05, 4.69) is 0 Å². The molecule has 1 heterocycles. The molecule has 0 bridgehead atoms. The average molecular weight is 341 g/mol. The largest absolute Gasteiger partial charge is 0.496 e. The molecule has 2 atom stereocenters. The number of methoxy groups -OCH3 is 1. The van der Waals surface area contributed by atoms with Gasteiger partial charge in [0.05, 0.1) is 17.8 Å². The predicted octanol–water partition coefficient (Wildman–Crippen LogP) is 3.50. The molecule has 1 aromatic rings. The second kappa shape index (κ2) is 5.52. The molecule has 1 aliphatic rings. The second-order valence-corrected chi connectivity index (χ2v) is 11.2. The summed E-state index contributed by atoms with van der Waals surface area (Å²) >= 11 is 0. The van der Waals surface area contributed by atoms with Crippen molar-refractivity contribution in [2.24, 2.45) is 5.41 Å². The van der Waals surface area contributed by atoms with Crippen molar-refractivity contribution >= 4 is 12.4 Å². The topological polar surface area (TPSA) is 78.7 Å². The number of rotatable bonds is 4. The van der Waals surface area contributed by atoms with E-state index in [9.17, 15) is 14.7 Å². The zero-order chi connectivity index (χ0) is 17.6. The van der Waals surface area contributed by atoms with Gasteiger partial charge in [-0.25, -0.2) is 0 Å². The Balaban J connectivity index is 2.69. The fourth-order valence-electron chi connectivity index (χ4n) is 3.15. The highest BCUT2D eigenvalue weighted by Gasteiger charge is 2.60. The number of nitro groups is 1. The Bertz CT molecular complexity index is 678. The average Bonchev–Trinajstić information content (AvgIpc) is 2.72. The van der Waals surface area contributed by atoms with Crippen molar-refractivity contribution in [3.05, 3.63) is 28.3 Å². The lowest BCUT2D eigenvalue weighted by molar-refractivity contribution is -0.497. The lowest BCUT2D eigenvalue weighted by atomic mass is 9.94. The van der Waals surface area contributed by atoms with Crippen molar-refractivity contribution in [1.29, 1.82) is 0 Å². The van der Waals surface area contributed by atoms with E-state index < -0.39 is 23.6 Å². The SMILES string of the molecule is COc1cccc2c1P(=O)(C(C)(C)C)C(C(C)(C)C[N+](=O)[O-])O2. The quantitative estimate of drug-likeness (QED) is 0.476. The van der Waals surface area contributed by atoms with Crippen molar-refractivity contribution in [2.45, 2.75) is 45.6 Å². The Labute approximate surface area is 136 Å². The third kappa shape index (κ3) is 2.74. The second-order valence-electron chi connectivity index (χ2n) is 7.59. The molecule has 2 unspecified atom stereocenters. The third-order valence-corrected chi connectivity index (χ3v) is 8.85. The fourth-order valence-corrected chi connectivity index (χ4v) is 7.04. The van der Waals surface area contributed by atoms with Crippen LogP contribution in [0.25, 0.3) is 0 Å². The van der Waals surface area contributed by atoms with Crippen molar-refractivity contribution in [3.8, 4) is 11.5 Å². The van der Waals surface area contributed by atoms with Crippen LogP contribution in [0.3, 0.4) is 0 Å². The van der Waals surface area contributed by atoms with Crippen molar-refractivity contribution in [2.75, 3.05) is 13.7 Å². The molecule has 6 nitrogen and oxygen atoms in total. The van der Waals surface area contributed by atoms with Gasteiger partial charge in [-0.15, -0.1) is 0 Å². The van der Waals surface area contributed by atoms with Crippen LogP contribution in [-0.2, 0) is 4.57 Å². The Morgan fingerprint density at radius 3 is 2.39 bits per heavy atom. The first kappa shape index (κ1) is 17.8. The molecule has 0 aliphatic carbocycles. The van der Waals surface area contributed by atoms with Crippen LogP contribution in [0.4, 0.5) is 0 Å². The highest BCUT2D eigenvalue weighted by molar-refractivity contribution is 7.74. The number of hydrogen-bond acceptors (Lipinski definition) is 5. The van der Waals surface area contributed by atoms with Gasteiger partial charge in [-0.3, -0.25) is 10.1 Å². The number of fused-ring (bicyclic) bond motifs is 1. The molecule has 0 spiro atoms. The maximum absolute atomic E-state index is 14.2. The molecule has 1 aliphatic heterocycles. The van der Waals surface area contributed by atoms with E-state index >= 15 is 0 Å². The molecule has 128 valence electrons. The monoisotopic (exact) mass is 341 g/mol. The van der Waals surface area contributed by atoms with Crippen LogP contribution in [0, 0.1) is 15.5 Å². The smallest absolute Gasteiger partial charge is 0.212 e. The van der Waals surface area contributed by atoms with E-state index in [0.717, 1.165) is 0 Å². The van der Waals surface area contributed by atoms with Gasteiger partial charge in [-0.05, 0) is 26.0 Å².